The van der Waals surface area contributed by atoms with E-state index in [-0.39, 0.29) is 5.56 Å². The zero-order valence-corrected chi connectivity index (χ0v) is 8.98. The SMILES string of the molecule is CN1C(=O)C(O)(CC(=O)O)c2cc(F)ccc21. The Hall–Kier alpha value is -1.95. The van der Waals surface area contributed by atoms with Crippen molar-refractivity contribution in [3.63, 3.8) is 0 Å². The zero-order valence-electron chi connectivity index (χ0n) is 8.98. The number of carbonyl (C=O) groups excluding carboxylic acids is 1. The highest BCUT2D eigenvalue weighted by atomic mass is 19.1. The first kappa shape index (κ1) is 11.5. The quantitative estimate of drug-likeness (QED) is 0.786. The van der Waals surface area contributed by atoms with Crippen molar-refractivity contribution >= 4 is 17.6 Å². The van der Waals surface area contributed by atoms with Crippen molar-refractivity contribution in [1.29, 1.82) is 0 Å². The van der Waals surface area contributed by atoms with E-state index in [9.17, 15) is 19.1 Å². The molecule has 1 amide bonds. The normalized spacial score (nSPS) is 22.8. The number of halogens is 1. The van der Waals surface area contributed by atoms with Crippen LogP contribution in [-0.2, 0) is 15.2 Å². The van der Waals surface area contributed by atoms with Crippen LogP contribution < -0.4 is 4.90 Å². The second-order valence-corrected chi connectivity index (χ2v) is 3.96. The lowest BCUT2D eigenvalue weighted by Crippen LogP contribution is -2.40. The predicted octanol–water partition coefficient (Wildman–Crippen LogP) is 0.464. The molecule has 1 heterocycles. The number of carbonyl (C=O) groups is 2. The maximum absolute atomic E-state index is 13.1. The van der Waals surface area contributed by atoms with Gasteiger partial charge < -0.3 is 15.1 Å². The molecule has 2 N–H and O–H groups in total. The number of likely N-dealkylation sites (N-methyl/N-ethyl adjacent to an activating group) is 1. The van der Waals surface area contributed by atoms with Gasteiger partial charge in [-0.1, -0.05) is 0 Å². The number of benzene rings is 1. The highest BCUT2D eigenvalue weighted by Gasteiger charge is 2.50. The number of aliphatic carboxylic acids is 1. The third kappa shape index (κ3) is 1.57. The standard InChI is InChI=1S/C11H10FNO4/c1-13-8-3-2-6(12)4-7(8)11(17,10(13)16)5-9(14)15/h2-4,17H,5H2,1H3,(H,14,15). The van der Waals surface area contributed by atoms with Crippen molar-refractivity contribution in [2.75, 3.05) is 11.9 Å². The Bertz CT molecular complexity index is 516. The van der Waals surface area contributed by atoms with Crippen molar-refractivity contribution in [3.8, 4) is 0 Å². The number of hydrogen-bond donors (Lipinski definition) is 2. The first-order valence-corrected chi connectivity index (χ1v) is 4.88. The molecule has 0 bridgehead atoms. The fourth-order valence-electron chi connectivity index (χ4n) is 2.02. The molecule has 1 aliphatic rings. The van der Waals surface area contributed by atoms with Crippen molar-refractivity contribution < 1.29 is 24.2 Å². The molecule has 0 radical (unpaired) electrons. The largest absolute Gasteiger partial charge is 0.481 e. The van der Waals surface area contributed by atoms with Crippen LogP contribution in [0, 0.1) is 5.82 Å². The monoisotopic (exact) mass is 239 g/mol. The van der Waals surface area contributed by atoms with E-state index in [4.69, 9.17) is 5.11 Å². The fourth-order valence-corrected chi connectivity index (χ4v) is 2.02. The molecule has 2 rings (SSSR count). The minimum atomic E-state index is -2.18. The van der Waals surface area contributed by atoms with Crippen LogP contribution in [0.25, 0.3) is 0 Å². The summed E-state index contributed by atoms with van der Waals surface area (Å²) in [6, 6.07) is 3.47. The van der Waals surface area contributed by atoms with Gasteiger partial charge in [0.05, 0.1) is 12.1 Å². The molecule has 1 aliphatic heterocycles. The molecular weight excluding hydrogens is 229 g/mol. The van der Waals surface area contributed by atoms with E-state index in [0.717, 1.165) is 17.0 Å². The van der Waals surface area contributed by atoms with E-state index >= 15 is 0 Å². The predicted molar refractivity (Wildman–Crippen MR) is 56.0 cm³/mol. The number of anilines is 1. The summed E-state index contributed by atoms with van der Waals surface area (Å²) in [5.74, 6) is -2.72. The number of aliphatic hydroxyl groups is 1. The third-order valence-electron chi connectivity index (χ3n) is 2.83. The van der Waals surface area contributed by atoms with Crippen LogP contribution in [0.1, 0.15) is 12.0 Å². The maximum atomic E-state index is 13.1. The van der Waals surface area contributed by atoms with Gasteiger partial charge in [-0.3, -0.25) is 9.59 Å². The number of carboxylic acid groups (broad SMARTS) is 1. The van der Waals surface area contributed by atoms with E-state index < -0.39 is 29.7 Å². The number of amides is 1. The Labute approximate surface area is 96.1 Å². The van der Waals surface area contributed by atoms with E-state index in [0.29, 0.717) is 5.69 Å². The lowest BCUT2D eigenvalue weighted by Gasteiger charge is -2.19. The minimum absolute atomic E-state index is 0.00704. The molecule has 6 heteroatoms. The van der Waals surface area contributed by atoms with Crippen molar-refractivity contribution in [2.24, 2.45) is 0 Å². The molecule has 0 fully saturated rings. The van der Waals surface area contributed by atoms with E-state index in [1.165, 1.54) is 13.1 Å². The lowest BCUT2D eigenvalue weighted by atomic mass is 9.92. The van der Waals surface area contributed by atoms with Gasteiger partial charge in [0, 0.05) is 12.6 Å². The van der Waals surface area contributed by atoms with Gasteiger partial charge in [0.15, 0.2) is 5.60 Å². The molecule has 1 atom stereocenters. The Morgan fingerprint density at radius 3 is 2.76 bits per heavy atom. The van der Waals surface area contributed by atoms with Gasteiger partial charge in [-0.25, -0.2) is 4.39 Å². The van der Waals surface area contributed by atoms with E-state index in [1.807, 2.05) is 0 Å². The Morgan fingerprint density at radius 2 is 2.18 bits per heavy atom. The van der Waals surface area contributed by atoms with Gasteiger partial charge in [-0.05, 0) is 18.2 Å². The lowest BCUT2D eigenvalue weighted by molar-refractivity contribution is -0.150. The summed E-state index contributed by atoms with van der Waals surface area (Å²) < 4.78 is 13.1. The van der Waals surface area contributed by atoms with Crippen LogP contribution in [0.15, 0.2) is 18.2 Å². The van der Waals surface area contributed by atoms with Gasteiger partial charge in [0.2, 0.25) is 0 Å². The minimum Gasteiger partial charge on any atom is -0.481 e. The van der Waals surface area contributed by atoms with Crippen molar-refractivity contribution in [2.45, 2.75) is 12.0 Å². The summed E-state index contributed by atoms with van der Waals surface area (Å²) >= 11 is 0. The van der Waals surface area contributed by atoms with Crippen molar-refractivity contribution in [1.82, 2.24) is 0 Å². The average Bonchev–Trinajstić information content (AvgIpc) is 2.41. The summed E-state index contributed by atoms with van der Waals surface area (Å²) in [4.78, 5) is 23.6. The smallest absolute Gasteiger partial charge is 0.307 e. The Kier molecular flexibility index (Phi) is 2.39. The van der Waals surface area contributed by atoms with Crippen LogP contribution in [0.3, 0.4) is 0 Å². The summed E-state index contributed by atoms with van der Waals surface area (Å²) in [6.07, 6.45) is -0.785. The summed E-state index contributed by atoms with van der Waals surface area (Å²) in [5, 5.41) is 18.9. The molecule has 5 nitrogen and oxygen atoms in total. The molecule has 1 unspecified atom stereocenters. The van der Waals surface area contributed by atoms with Crippen LogP contribution in [0.2, 0.25) is 0 Å². The maximum Gasteiger partial charge on any atom is 0.307 e. The fraction of sp³-hybridized carbons (Fsp3) is 0.273. The Morgan fingerprint density at radius 1 is 1.53 bits per heavy atom. The number of nitrogens with zero attached hydrogens (tertiary/aromatic N) is 1. The van der Waals surface area contributed by atoms with E-state index in [1.54, 1.807) is 0 Å². The molecular formula is C11H10FNO4. The topological polar surface area (TPSA) is 77.8 Å². The number of fused-ring (bicyclic) bond motifs is 1. The number of carboxylic acids is 1. The third-order valence-corrected chi connectivity index (χ3v) is 2.83. The van der Waals surface area contributed by atoms with Gasteiger partial charge >= 0.3 is 5.97 Å². The van der Waals surface area contributed by atoms with Gasteiger partial charge in [0.25, 0.3) is 5.91 Å². The second-order valence-electron chi connectivity index (χ2n) is 3.96. The second kappa shape index (κ2) is 3.53. The highest BCUT2D eigenvalue weighted by molar-refractivity contribution is 6.07. The molecule has 0 saturated heterocycles. The van der Waals surface area contributed by atoms with Gasteiger partial charge in [-0.15, -0.1) is 0 Å². The molecule has 0 saturated carbocycles. The Balaban J connectivity index is 2.60. The molecule has 0 aromatic heterocycles. The first-order valence-electron chi connectivity index (χ1n) is 4.88. The van der Waals surface area contributed by atoms with Crippen LogP contribution in [-0.4, -0.2) is 29.1 Å². The molecule has 0 spiro atoms. The van der Waals surface area contributed by atoms with Gasteiger partial charge in [-0.2, -0.15) is 0 Å². The number of rotatable bonds is 2. The van der Waals surface area contributed by atoms with Crippen molar-refractivity contribution in [3.05, 3.63) is 29.6 Å². The van der Waals surface area contributed by atoms with Crippen LogP contribution in [0.5, 0.6) is 0 Å². The summed E-state index contributed by atoms with van der Waals surface area (Å²) in [6.45, 7) is 0. The summed E-state index contributed by atoms with van der Waals surface area (Å²) in [7, 11) is 1.40. The van der Waals surface area contributed by atoms with Crippen LogP contribution in [0.4, 0.5) is 10.1 Å². The molecule has 90 valence electrons. The summed E-state index contributed by atoms with van der Waals surface area (Å²) in [5.41, 5.74) is -1.87. The molecule has 1 aromatic rings. The molecule has 1 aromatic carbocycles. The molecule has 17 heavy (non-hydrogen) atoms. The average molecular weight is 239 g/mol. The molecule has 0 aliphatic carbocycles. The van der Waals surface area contributed by atoms with E-state index in [2.05, 4.69) is 0 Å². The first-order chi connectivity index (χ1) is 7.86. The van der Waals surface area contributed by atoms with Crippen LogP contribution >= 0.6 is 0 Å². The van der Waals surface area contributed by atoms with Gasteiger partial charge in [0.1, 0.15) is 5.82 Å². The zero-order chi connectivity index (χ0) is 12.8. The number of hydrogen-bond acceptors (Lipinski definition) is 3. The highest BCUT2D eigenvalue weighted by Crippen LogP contribution is 2.41.